The van der Waals surface area contributed by atoms with E-state index in [0.717, 1.165) is 12.8 Å². The van der Waals surface area contributed by atoms with E-state index in [2.05, 4.69) is 28.5 Å². The summed E-state index contributed by atoms with van der Waals surface area (Å²) in [6.45, 7) is 6.87. The van der Waals surface area contributed by atoms with E-state index in [0.29, 0.717) is 23.9 Å². The average Bonchev–Trinajstić information content (AvgIpc) is 3.37. The van der Waals surface area contributed by atoms with Gasteiger partial charge in [-0.25, -0.2) is 18.2 Å². The Kier molecular flexibility index (Phi) is 8.97. The Bertz CT molecular complexity index is 1070. The fraction of sp³-hybridized carbons (Fsp3) is 0.364. The predicted molar refractivity (Wildman–Crippen MR) is 118 cm³/mol. The molecule has 1 aromatic carbocycles. The molecule has 2 aromatic rings. The van der Waals surface area contributed by atoms with Crippen LogP contribution in [0.4, 0.5) is 4.39 Å². The lowest BCUT2D eigenvalue weighted by Gasteiger charge is -2.08. The summed E-state index contributed by atoms with van der Waals surface area (Å²) in [6, 6.07) is 6.54. The van der Waals surface area contributed by atoms with Crippen molar-refractivity contribution in [1.29, 1.82) is 0 Å². The number of halogens is 1. The second-order valence-electron chi connectivity index (χ2n) is 6.85. The molecule has 0 atom stereocenters. The smallest absolute Gasteiger partial charge is 0.336 e. The van der Waals surface area contributed by atoms with E-state index in [-0.39, 0.29) is 16.8 Å². The summed E-state index contributed by atoms with van der Waals surface area (Å²) in [5.74, 6) is 5.18. The minimum atomic E-state index is -3.69. The summed E-state index contributed by atoms with van der Waals surface area (Å²) < 4.78 is 42.0. The van der Waals surface area contributed by atoms with Crippen LogP contribution in [-0.4, -0.2) is 29.3 Å². The Morgan fingerprint density at radius 2 is 2.00 bits per heavy atom. The van der Waals surface area contributed by atoms with Crippen molar-refractivity contribution in [2.45, 2.75) is 57.0 Å². The lowest BCUT2D eigenvalue weighted by Crippen LogP contribution is -2.12. The first-order chi connectivity index (χ1) is 14.7. The van der Waals surface area contributed by atoms with Gasteiger partial charge in [0.25, 0.3) is 0 Å². The summed E-state index contributed by atoms with van der Waals surface area (Å²) in [5.41, 5.74) is 0.707. The van der Waals surface area contributed by atoms with Crippen LogP contribution in [0.15, 0.2) is 53.7 Å². The number of aromatic nitrogens is 3. The number of hydrogen-bond acceptors (Lipinski definition) is 5. The van der Waals surface area contributed by atoms with Crippen LogP contribution < -0.4 is 9.88 Å². The highest BCUT2D eigenvalue weighted by molar-refractivity contribution is 7.89. The van der Waals surface area contributed by atoms with Crippen molar-refractivity contribution >= 4 is 10.0 Å². The third kappa shape index (κ3) is 7.66. The minimum absolute atomic E-state index is 0.0662. The Hall–Kier alpha value is -2.96. The van der Waals surface area contributed by atoms with Gasteiger partial charge in [0.05, 0.1) is 10.6 Å². The van der Waals surface area contributed by atoms with Gasteiger partial charge in [0, 0.05) is 6.42 Å². The molecule has 0 saturated heterocycles. The Morgan fingerprint density at radius 3 is 2.55 bits per heavy atom. The Balaban J connectivity index is 0.000000323. The number of sulfonamides is 1. The SMILES string of the molecule is C=CCC#C/C(F)=C\C.Cc1nc(OC2CCCC2)nn1-c1ccc(S(N)(=O)=O)cc1. The van der Waals surface area contributed by atoms with Gasteiger partial charge in [-0.3, -0.25) is 0 Å². The molecular formula is C22H27FN4O3S. The van der Waals surface area contributed by atoms with Crippen molar-refractivity contribution in [1.82, 2.24) is 14.8 Å². The van der Waals surface area contributed by atoms with Gasteiger partial charge in [0.1, 0.15) is 11.9 Å². The number of allylic oxidation sites excluding steroid dienone is 3. The molecule has 0 spiro atoms. The Morgan fingerprint density at radius 1 is 1.35 bits per heavy atom. The number of primary sulfonamides is 1. The highest BCUT2D eigenvalue weighted by Gasteiger charge is 2.19. The second-order valence-corrected chi connectivity index (χ2v) is 8.41. The molecule has 1 heterocycles. The molecule has 166 valence electrons. The van der Waals surface area contributed by atoms with E-state index in [1.165, 1.54) is 31.1 Å². The van der Waals surface area contributed by atoms with Crippen LogP contribution >= 0.6 is 0 Å². The molecule has 0 unspecified atom stereocenters. The predicted octanol–water partition coefficient (Wildman–Crippen LogP) is 3.98. The van der Waals surface area contributed by atoms with Crippen LogP contribution in [0.2, 0.25) is 0 Å². The molecule has 0 radical (unpaired) electrons. The molecule has 0 amide bonds. The van der Waals surface area contributed by atoms with Crippen molar-refractivity contribution < 1.29 is 17.5 Å². The van der Waals surface area contributed by atoms with Crippen LogP contribution in [0.3, 0.4) is 0 Å². The number of hydrogen-bond donors (Lipinski definition) is 1. The van der Waals surface area contributed by atoms with Crippen molar-refractivity contribution in [3.05, 3.63) is 54.6 Å². The molecule has 1 saturated carbocycles. The van der Waals surface area contributed by atoms with E-state index >= 15 is 0 Å². The van der Waals surface area contributed by atoms with E-state index in [4.69, 9.17) is 9.88 Å². The van der Waals surface area contributed by atoms with Gasteiger partial charge in [-0.05, 0) is 75.8 Å². The number of nitrogens with zero attached hydrogens (tertiary/aromatic N) is 3. The maximum absolute atomic E-state index is 12.1. The zero-order valence-corrected chi connectivity index (χ0v) is 18.5. The summed E-state index contributed by atoms with van der Waals surface area (Å²) in [4.78, 5) is 4.37. The first-order valence-electron chi connectivity index (χ1n) is 9.89. The molecule has 0 aliphatic heterocycles. The first kappa shape index (κ1) is 24.3. The van der Waals surface area contributed by atoms with Gasteiger partial charge < -0.3 is 4.74 Å². The van der Waals surface area contributed by atoms with Crippen LogP contribution in [0.25, 0.3) is 5.69 Å². The lowest BCUT2D eigenvalue weighted by atomic mass is 10.3. The molecule has 1 aliphatic carbocycles. The monoisotopic (exact) mass is 446 g/mol. The zero-order valence-electron chi connectivity index (χ0n) is 17.7. The lowest BCUT2D eigenvalue weighted by molar-refractivity contribution is 0.192. The standard InChI is InChI=1S/C14H18N4O3S.C8H9F/c1-10-16-14(21-12-4-2-3-5-12)17-18(10)11-6-8-13(9-7-11)22(15,19)20;1-3-5-6-7-8(9)4-2/h6-9,12H,2-5H2,1H3,(H2,15,19,20);3-4H,1,5H2,2H3/b;8-4+. The third-order valence-corrected chi connectivity index (χ3v) is 5.37. The van der Waals surface area contributed by atoms with Crippen molar-refractivity contribution in [3.8, 4) is 23.5 Å². The third-order valence-electron chi connectivity index (χ3n) is 4.44. The normalized spacial score (nSPS) is 14.3. The van der Waals surface area contributed by atoms with Crippen LogP contribution in [0.5, 0.6) is 6.01 Å². The summed E-state index contributed by atoms with van der Waals surface area (Å²) in [6.07, 6.45) is 8.14. The minimum Gasteiger partial charge on any atom is -0.459 e. The number of nitrogens with two attached hydrogens (primary N) is 1. The van der Waals surface area contributed by atoms with Crippen LogP contribution in [-0.2, 0) is 10.0 Å². The molecule has 7 nitrogen and oxygen atoms in total. The van der Waals surface area contributed by atoms with Gasteiger partial charge in [-0.2, -0.15) is 9.37 Å². The molecular weight excluding hydrogens is 419 g/mol. The molecule has 31 heavy (non-hydrogen) atoms. The largest absolute Gasteiger partial charge is 0.459 e. The highest BCUT2D eigenvalue weighted by Crippen LogP contribution is 2.23. The fourth-order valence-electron chi connectivity index (χ4n) is 2.87. The van der Waals surface area contributed by atoms with Crippen LogP contribution in [0, 0.1) is 18.8 Å². The van der Waals surface area contributed by atoms with E-state index in [1.54, 1.807) is 29.8 Å². The maximum Gasteiger partial charge on any atom is 0.336 e. The van der Waals surface area contributed by atoms with Crippen molar-refractivity contribution in [2.24, 2.45) is 5.14 Å². The van der Waals surface area contributed by atoms with Gasteiger partial charge in [0.15, 0.2) is 5.83 Å². The fourth-order valence-corrected chi connectivity index (χ4v) is 3.39. The average molecular weight is 447 g/mol. The Labute approximate surface area is 182 Å². The molecule has 0 bridgehead atoms. The zero-order chi connectivity index (χ0) is 22.9. The van der Waals surface area contributed by atoms with E-state index in [1.807, 2.05) is 6.92 Å². The van der Waals surface area contributed by atoms with Gasteiger partial charge in [-0.15, -0.1) is 11.7 Å². The topological polar surface area (TPSA) is 100 Å². The molecule has 3 rings (SSSR count). The van der Waals surface area contributed by atoms with Crippen LogP contribution in [0.1, 0.15) is 44.9 Å². The number of aryl methyl sites for hydroxylation is 1. The molecule has 2 N–H and O–H groups in total. The molecule has 1 aliphatic rings. The number of benzene rings is 1. The number of ether oxygens (including phenoxy) is 1. The van der Waals surface area contributed by atoms with Crippen molar-refractivity contribution in [3.63, 3.8) is 0 Å². The highest BCUT2D eigenvalue weighted by atomic mass is 32.2. The summed E-state index contributed by atoms with van der Waals surface area (Å²) in [5, 5.41) is 9.43. The maximum atomic E-state index is 12.1. The van der Waals surface area contributed by atoms with E-state index < -0.39 is 10.0 Å². The van der Waals surface area contributed by atoms with Crippen molar-refractivity contribution in [2.75, 3.05) is 0 Å². The summed E-state index contributed by atoms with van der Waals surface area (Å²) >= 11 is 0. The van der Waals surface area contributed by atoms with Gasteiger partial charge in [0.2, 0.25) is 10.0 Å². The molecule has 9 heteroatoms. The van der Waals surface area contributed by atoms with E-state index in [9.17, 15) is 12.8 Å². The number of rotatable bonds is 5. The first-order valence-corrected chi connectivity index (χ1v) is 11.4. The molecule has 1 aromatic heterocycles. The summed E-state index contributed by atoms with van der Waals surface area (Å²) in [7, 11) is -3.69. The van der Waals surface area contributed by atoms with Gasteiger partial charge in [-0.1, -0.05) is 12.0 Å². The second kappa shape index (κ2) is 11.4. The molecule has 1 fully saturated rings. The van der Waals surface area contributed by atoms with Gasteiger partial charge >= 0.3 is 6.01 Å². The quantitative estimate of drug-likeness (QED) is 0.553.